The average Bonchev–Trinajstić information content (AvgIpc) is 2.38. The van der Waals surface area contributed by atoms with E-state index >= 15 is 0 Å². The highest BCUT2D eigenvalue weighted by Crippen LogP contribution is 2.18. The molecule has 0 aliphatic carbocycles. The molecule has 0 saturated heterocycles. The molecule has 3 nitrogen and oxygen atoms in total. The summed E-state index contributed by atoms with van der Waals surface area (Å²) in [5, 5.41) is 11.7. The number of nitrogens with one attached hydrogen (secondary N) is 1. The smallest absolute Gasteiger partial charge is 0.261 e. The van der Waals surface area contributed by atoms with Crippen molar-refractivity contribution >= 4 is 27.9 Å². The van der Waals surface area contributed by atoms with Crippen molar-refractivity contribution in [1.82, 2.24) is 5.32 Å². The minimum Gasteiger partial charge on any atom is -0.351 e. The van der Waals surface area contributed by atoms with Gasteiger partial charge in [0.05, 0.1) is 0 Å². The summed E-state index contributed by atoms with van der Waals surface area (Å²) in [6.07, 6.45) is 3.51. The number of amides is 1. The van der Waals surface area contributed by atoms with Crippen LogP contribution in [-0.4, -0.2) is 12.5 Å². The molecular formula is C14H15BrN2O. The summed E-state index contributed by atoms with van der Waals surface area (Å²) in [6, 6.07) is 9.40. The van der Waals surface area contributed by atoms with E-state index < -0.39 is 0 Å². The van der Waals surface area contributed by atoms with Crippen LogP contribution in [0.1, 0.15) is 25.3 Å². The Morgan fingerprint density at radius 2 is 2.22 bits per heavy atom. The maximum absolute atomic E-state index is 11.7. The number of halogens is 1. The topological polar surface area (TPSA) is 52.9 Å². The van der Waals surface area contributed by atoms with Gasteiger partial charge in [0.1, 0.15) is 11.6 Å². The molecule has 0 spiro atoms. The highest BCUT2D eigenvalue weighted by molar-refractivity contribution is 9.10. The first-order chi connectivity index (χ1) is 8.69. The van der Waals surface area contributed by atoms with Crippen LogP contribution >= 0.6 is 15.9 Å². The number of carbonyl (C=O) groups excluding carboxylic acids is 1. The summed E-state index contributed by atoms with van der Waals surface area (Å²) in [6.45, 7) is 2.65. The second-order valence-corrected chi connectivity index (χ2v) is 4.66. The van der Waals surface area contributed by atoms with Crippen LogP contribution in [0.2, 0.25) is 0 Å². The van der Waals surface area contributed by atoms with Gasteiger partial charge in [0.25, 0.3) is 5.91 Å². The summed E-state index contributed by atoms with van der Waals surface area (Å²) >= 11 is 3.38. The van der Waals surface area contributed by atoms with Crippen molar-refractivity contribution in [1.29, 1.82) is 5.26 Å². The average molecular weight is 307 g/mol. The Labute approximate surface area is 116 Å². The molecule has 94 valence electrons. The van der Waals surface area contributed by atoms with Gasteiger partial charge in [-0.3, -0.25) is 4.79 Å². The fourth-order valence-electron chi connectivity index (χ4n) is 1.37. The van der Waals surface area contributed by atoms with Crippen LogP contribution in [0.4, 0.5) is 0 Å². The molecule has 0 aliphatic rings. The number of benzene rings is 1. The van der Waals surface area contributed by atoms with Crippen LogP contribution in [0.5, 0.6) is 0 Å². The number of nitriles is 1. The molecule has 18 heavy (non-hydrogen) atoms. The normalized spacial score (nSPS) is 10.8. The van der Waals surface area contributed by atoms with Gasteiger partial charge in [-0.2, -0.15) is 5.26 Å². The highest BCUT2D eigenvalue weighted by Gasteiger charge is 2.08. The van der Waals surface area contributed by atoms with Crippen molar-refractivity contribution in [2.24, 2.45) is 0 Å². The van der Waals surface area contributed by atoms with E-state index in [0.29, 0.717) is 6.54 Å². The Bertz CT molecular complexity index is 489. The van der Waals surface area contributed by atoms with Gasteiger partial charge in [-0.25, -0.2) is 0 Å². The van der Waals surface area contributed by atoms with Gasteiger partial charge < -0.3 is 5.32 Å². The Balaban J connectivity index is 2.81. The van der Waals surface area contributed by atoms with E-state index in [9.17, 15) is 4.79 Å². The van der Waals surface area contributed by atoms with Gasteiger partial charge in [-0.05, 0) is 24.1 Å². The van der Waals surface area contributed by atoms with Crippen LogP contribution in [0.25, 0.3) is 6.08 Å². The zero-order chi connectivity index (χ0) is 13.4. The fraction of sp³-hybridized carbons (Fsp3) is 0.286. The molecule has 0 aliphatic heterocycles. The molecule has 0 atom stereocenters. The third-order valence-electron chi connectivity index (χ3n) is 2.39. The van der Waals surface area contributed by atoms with E-state index in [2.05, 4.69) is 21.2 Å². The summed E-state index contributed by atoms with van der Waals surface area (Å²) < 4.78 is 0.860. The number of carbonyl (C=O) groups is 1. The van der Waals surface area contributed by atoms with Gasteiger partial charge in [0, 0.05) is 11.0 Å². The van der Waals surface area contributed by atoms with Crippen molar-refractivity contribution in [3.63, 3.8) is 0 Å². The van der Waals surface area contributed by atoms with E-state index in [-0.39, 0.29) is 11.5 Å². The molecule has 1 rings (SSSR count). The molecule has 1 N–H and O–H groups in total. The van der Waals surface area contributed by atoms with Gasteiger partial charge in [0.2, 0.25) is 0 Å². The monoisotopic (exact) mass is 306 g/mol. The lowest BCUT2D eigenvalue weighted by atomic mass is 10.1. The first-order valence-corrected chi connectivity index (χ1v) is 6.63. The van der Waals surface area contributed by atoms with Gasteiger partial charge in [-0.1, -0.05) is 47.5 Å². The second-order valence-electron chi connectivity index (χ2n) is 3.80. The highest BCUT2D eigenvalue weighted by atomic mass is 79.9. The molecule has 0 saturated carbocycles. The lowest BCUT2D eigenvalue weighted by Crippen LogP contribution is -2.25. The summed E-state index contributed by atoms with van der Waals surface area (Å²) in [5.74, 6) is -0.318. The van der Waals surface area contributed by atoms with E-state index in [1.165, 1.54) is 0 Å². The zero-order valence-corrected chi connectivity index (χ0v) is 11.8. The number of hydrogen-bond acceptors (Lipinski definition) is 2. The minimum atomic E-state index is -0.318. The first kappa shape index (κ1) is 14.5. The van der Waals surface area contributed by atoms with Crippen molar-refractivity contribution < 1.29 is 4.79 Å². The predicted molar refractivity (Wildman–Crippen MR) is 75.6 cm³/mol. The number of rotatable bonds is 5. The zero-order valence-electron chi connectivity index (χ0n) is 10.2. The third kappa shape index (κ3) is 4.34. The molecule has 0 aromatic heterocycles. The molecule has 1 aromatic carbocycles. The molecule has 1 amide bonds. The minimum absolute atomic E-state index is 0.123. The van der Waals surface area contributed by atoms with Gasteiger partial charge >= 0.3 is 0 Å². The lowest BCUT2D eigenvalue weighted by molar-refractivity contribution is -0.117. The second kappa shape index (κ2) is 7.67. The van der Waals surface area contributed by atoms with Gasteiger partial charge in [-0.15, -0.1) is 0 Å². The van der Waals surface area contributed by atoms with E-state index in [1.54, 1.807) is 6.08 Å². The Kier molecular flexibility index (Phi) is 6.16. The van der Waals surface area contributed by atoms with Crippen molar-refractivity contribution in [3.05, 3.63) is 39.9 Å². The Hall–Kier alpha value is -1.60. The summed E-state index contributed by atoms with van der Waals surface area (Å²) in [4.78, 5) is 11.7. The molecule has 4 heteroatoms. The molecular weight excluding hydrogens is 292 g/mol. The largest absolute Gasteiger partial charge is 0.351 e. The predicted octanol–water partition coefficient (Wildman–Crippen LogP) is 3.27. The summed E-state index contributed by atoms with van der Waals surface area (Å²) in [7, 11) is 0. The van der Waals surface area contributed by atoms with Crippen LogP contribution < -0.4 is 5.32 Å². The van der Waals surface area contributed by atoms with E-state index in [1.807, 2.05) is 37.3 Å². The summed E-state index contributed by atoms with van der Waals surface area (Å²) in [5.41, 5.74) is 0.942. The Morgan fingerprint density at radius 1 is 1.50 bits per heavy atom. The van der Waals surface area contributed by atoms with Crippen LogP contribution in [0, 0.1) is 11.3 Å². The number of nitrogens with zero attached hydrogens (tertiary/aromatic N) is 1. The quantitative estimate of drug-likeness (QED) is 0.515. The SMILES string of the molecule is CCCCNC(=O)/C(C#N)=C/c1ccccc1Br. The molecule has 1 aromatic rings. The standard InChI is InChI=1S/C14H15BrN2O/c1-2-3-8-17-14(18)12(10-16)9-11-6-4-5-7-13(11)15/h4-7,9H,2-3,8H2,1H3,(H,17,18)/b12-9+. The number of unbranched alkanes of at least 4 members (excludes halogenated alkanes) is 1. The lowest BCUT2D eigenvalue weighted by Gasteiger charge is -2.03. The molecule has 0 fully saturated rings. The van der Waals surface area contributed by atoms with Crippen molar-refractivity contribution in [2.45, 2.75) is 19.8 Å². The first-order valence-electron chi connectivity index (χ1n) is 5.83. The molecule has 0 heterocycles. The van der Waals surface area contributed by atoms with E-state index in [0.717, 1.165) is 22.9 Å². The Morgan fingerprint density at radius 3 is 2.83 bits per heavy atom. The molecule has 0 radical (unpaired) electrons. The van der Waals surface area contributed by atoms with E-state index in [4.69, 9.17) is 5.26 Å². The fourth-order valence-corrected chi connectivity index (χ4v) is 1.77. The maximum Gasteiger partial charge on any atom is 0.261 e. The maximum atomic E-state index is 11.7. The van der Waals surface area contributed by atoms with Crippen LogP contribution in [0.15, 0.2) is 34.3 Å². The molecule has 0 unspecified atom stereocenters. The van der Waals surface area contributed by atoms with Crippen LogP contribution in [-0.2, 0) is 4.79 Å². The van der Waals surface area contributed by atoms with Gasteiger partial charge in [0.15, 0.2) is 0 Å². The molecule has 0 bridgehead atoms. The van der Waals surface area contributed by atoms with Crippen LogP contribution in [0.3, 0.4) is 0 Å². The number of hydrogen-bond donors (Lipinski definition) is 1. The van der Waals surface area contributed by atoms with Crippen molar-refractivity contribution in [3.8, 4) is 6.07 Å². The third-order valence-corrected chi connectivity index (χ3v) is 3.11. The van der Waals surface area contributed by atoms with Crippen molar-refractivity contribution in [2.75, 3.05) is 6.54 Å².